The minimum atomic E-state index is 0.767. The molecule has 12 nitrogen and oxygen atoms in total. The number of methoxy groups -OCH3 is 6. The number of hydrogen-bond acceptors (Lipinski definition) is 12. The molecule has 15 heteroatoms. The van der Waals surface area contributed by atoms with Crippen LogP contribution in [0, 0.1) is 0 Å². The predicted molar refractivity (Wildman–Crippen MR) is 417 cm³/mol. The number of anilines is 18. The van der Waals surface area contributed by atoms with Crippen molar-refractivity contribution in [3.05, 3.63) is 323 Å². The van der Waals surface area contributed by atoms with Gasteiger partial charge < -0.3 is 57.8 Å². The summed E-state index contributed by atoms with van der Waals surface area (Å²) >= 11 is 11.7. The summed E-state index contributed by atoms with van der Waals surface area (Å²) in [6.07, 6.45) is 0. The van der Waals surface area contributed by atoms with E-state index in [0.717, 1.165) is 150 Å². The second-order valence-corrected chi connectivity index (χ2v) is 25.6. The molecule has 0 N–H and O–H groups in total. The maximum absolute atomic E-state index is 5.62. The third kappa shape index (κ3) is 14.9. The van der Waals surface area contributed by atoms with Crippen LogP contribution in [0.15, 0.2) is 323 Å². The van der Waals surface area contributed by atoms with E-state index < -0.39 is 0 Å². The number of halogens is 3. The van der Waals surface area contributed by atoms with E-state index in [1.807, 2.05) is 72.8 Å². The van der Waals surface area contributed by atoms with E-state index in [9.17, 15) is 0 Å². The number of nitrogens with zero attached hydrogens (tertiary/aromatic N) is 6. The lowest BCUT2D eigenvalue weighted by molar-refractivity contribution is 0.414. The molecular formula is C84H69Br3N6O6. The minimum Gasteiger partial charge on any atom is -0.497 e. The standard InChI is InChI=1S/C84H69Br3N6O6/c1-94-79-40-28-67(29-41-79)88(68-30-42-80(95-2)43-31-68)61-16-22-64(23-17-61)91(73-13-7-10-58(85)52-73)76-55-77(92(74-14-8-11-59(86)53-74)65-24-18-62(19-25-65)89(69-32-44-81(96-3)45-33-69)70-34-46-82(97-4)47-35-70)57-78(56-76)93(75-15-9-12-60(87)54-75)66-26-20-63(21-27-66)90(71-36-48-83(98-5)49-37-71)72-38-50-84(99-6)51-39-72/h7-57H,1-6H3. The van der Waals surface area contributed by atoms with Crippen LogP contribution in [0.25, 0.3) is 0 Å². The van der Waals surface area contributed by atoms with Crippen LogP contribution in [-0.4, -0.2) is 42.7 Å². The van der Waals surface area contributed by atoms with Gasteiger partial charge in [0.15, 0.2) is 0 Å². The van der Waals surface area contributed by atoms with Crippen LogP contribution in [0.4, 0.5) is 102 Å². The van der Waals surface area contributed by atoms with Crippen LogP contribution < -0.4 is 57.8 Å². The van der Waals surface area contributed by atoms with Crippen LogP contribution in [0.2, 0.25) is 0 Å². The van der Waals surface area contributed by atoms with Crippen LogP contribution in [0.5, 0.6) is 34.5 Å². The molecule has 0 heterocycles. The lowest BCUT2D eigenvalue weighted by atomic mass is 10.1. The smallest absolute Gasteiger partial charge is 0.119 e. The van der Waals surface area contributed by atoms with Gasteiger partial charge in [-0.05, 0) is 291 Å². The minimum absolute atomic E-state index is 0.767. The molecule has 13 aromatic carbocycles. The van der Waals surface area contributed by atoms with Gasteiger partial charge in [-0.25, -0.2) is 0 Å². The van der Waals surface area contributed by atoms with E-state index in [2.05, 4.69) is 314 Å². The van der Waals surface area contributed by atoms with E-state index in [1.54, 1.807) is 42.7 Å². The fraction of sp³-hybridized carbons (Fsp3) is 0.0714. The lowest BCUT2D eigenvalue weighted by Gasteiger charge is -2.34. The molecule has 99 heavy (non-hydrogen) atoms. The Morgan fingerprint density at radius 2 is 0.303 bits per heavy atom. The van der Waals surface area contributed by atoms with Gasteiger partial charge in [0.05, 0.1) is 59.7 Å². The fourth-order valence-electron chi connectivity index (χ4n) is 12.1. The first kappa shape index (κ1) is 66.5. The molecule has 0 atom stereocenters. The van der Waals surface area contributed by atoms with Crippen LogP contribution >= 0.6 is 47.8 Å². The molecule has 0 unspecified atom stereocenters. The van der Waals surface area contributed by atoms with Crippen molar-refractivity contribution in [1.82, 2.24) is 0 Å². The van der Waals surface area contributed by atoms with Crippen molar-refractivity contribution in [3.63, 3.8) is 0 Å². The van der Waals surface area contributed by atoms with Gasteiger partial charge in [-0.15, -0.1) is 0 Å². The summed E-state index contributed by atoms with van der Waals surface area (Å²) in [6.45, 7) is 0. The van der Waals surface area contributed by atoms with Gasteiger partial charge in [0.25, 0.3) is 0 Å². The first-order valence-corrected chi connectivity index (χ1v) is 34.2. The molecule has 0 amide bonds. The molecule has 492 valence electrons. The molecule has 13 aromatic rings. The molecule has 0 aliphatic rings. The van der Waals surface area contributed by atoms with Crippen molar-refractivity contribution in [2.75, 3.05) is 72.1 Å². The fourth-order valence-corrected chi connectivity index (χ4v) is 13.3. The predicted octanol–water partition coefficient (Wildman–Crippen LogP) is 24.8. The van der Waals surface area contributed by atoms with Crippen molar-refractivity contribution in [1.29, 1.82) is 0 Å². The molecule has 0 aliphatic heterocycles. The van der Waals surface area contributed by atoms with E-state index in [-0.39, 0.29) is 0 Å². The molecule has 0 radical (unpaired) electrons. The zero-order valence-corrected chi connectivity index (χ0v) is 60.0. The monoisotopic (exact) mass is 1490 g/mol. The molecule has 0 saturated carbocycles. The van der Waals surface area contributed by atoms with Gasteiger partial charge in [0.2, 0.25) is 0 Å². The van der Waals surface area contributed by atoms with Crippen molar-refractivity contribution in [3.8, 4) is 34.5 Å². The second-order valence-electron chi connectivity index (χ2n) is 22.9. The molecule has 0 aliphatic carbocycles. The van der Waals surface area contributed by atoms with E-state index in [1.165, 1.54) is 0 Å². The summed E-state index contributed by atoms with van der Waals surface area (Å²) in [4.78, 5) is 13.6. The largest absolute Gasteiger partial charge is 0.497 e. The Bertz CT molecular complexity index is 4200. The van der Waals surface area contributed by atoms with E-state index in [0.29, 0.717) is 0 Å². The Morgan fingerprint density at radius 1 is 0.162 bits per heavy atom. The van der Waals surface area contributed by atoms with Gasteiger partial charge in [-0.1, -0.05) is 66.0 Å². The summed E-state index contributed by atoms with van der Waals surface area (Å²) in [5, 5.41) is 0. The molecule has 13 rings (SSSR count). The maximum Gasteiger partial charge on any atom is 0.119 e. The SMILES string of the molecule is COc1ccc(N(c2ccc(OC)cc2)c2ccc(N(c3cccc(Br)c3)c3cc(N(c4ccc(N(c5ccc(OC)cc5)c5ccc(OC)cc5)cc4)c4cccc(Br)c4)cc(N(c4ccc(N(c5ccc(OC)cc5)c5ccc(OC)cc5)cc4)c4cccc(Br)c4)c3)cc2)cc1. The molecule has 0 saturated heterocycles. The number of benzene rings is 13. The van der Waals surface area contributed by atoms with Gasteiger partial charge in [0, 0.05) is 98.7 Å². The number of rotatable bonds is 24. The highest BCUT2D eigenvalue weighted by Gasteiger charge is 2.26. The Labute approximate surface area is 603 Å². The third-order valence-corrected chi connectivity index (χ3v) is 18.4. The molecule has 0 fully saturated rings. The highest BCUT2D eigenvalue weighted by atomic mass is 79.9. The van der Waals surface area contributed by atoms with E-state index >= 15 is 0 Å². The second kappa shape index (κ2) is 30.5. The molecule has 0 bridgehead atoms. The zero-order chi connectivity index (χ0) is 68.4. The highest BCUT2D eigenvalue weighted by Crippen LogP contribution is 2.49. The zero-order valence-electron chi connectivity index (χ0n) is 55.2. The quantitative estimate of drug-likeness (QED) is 0.0578. The van der Waals surface area contributed by atoms with Crippen LogP contribution in [0.1, 0.15) is 0 Å². The highest BCUT2D eigenvalue weighted by molar-refractivity contribution is 9.11. The van der Waals surface area contributed by atoms with Crippen molar-refractivity contribution >= 4 is 150 Å². The third-order valence-electron chi connectivity index (χ3n) is 16.9. The van der Waals surface area contributed by atoms with Crippen LogP contribution in [0.3, 0.4) is 0 Å². The molecular weight excluding hydrogens is 1430 g/mol. The maximum atomic E-state index is 5.62. The summed E-state index contributed by atoms with van der Waals surface area (Å²) in [5.41, 5.74) is 16.7. The number of ether oxygens (including phenoxy) is 6. The summed E-state index contributed by atoms with van der Waals surface area (Å²) in [6, 6.07) is 107. The Kier molecular flexibility index (Phi) is 20.5. The number of hydrogen-bond donors (Lipinski definition) is 0. The van der Waals surface area contributed by atoms with E-state index in [4.69, 9.17) is 28.4 Å². The summed E-state index contributed by atoms with van der Waals surface area (Å²) in [5.74, 6) is 4.60. The average Bonchev–Trinajstić information content (AvgIpc) is 0.763. The Morgan fingerprint density at radius 3 is 0.444 bits per heavy atom. The van der Waals surface area contributed by atoms with Crippen LogP contribution in [-0.2, 0) is 0 Å². The Balaban J connectivity index is 1.02. The first-order valence-electron chi connectivity index (χ1n) is 31.9. The van der Waals surface area contributed by atoms with Crippen molar-refractivity contribution in [2.24, 2.45) is 0 Å². The average molecular weight is 1500 g/mol. The normalized spacial score (nSPS) is 10.9. The van der Waals surface area contributed by atoms with Gasteiger partial charge >= 0.3 is 0 Å². The Hall–Kier alpha value is -11.1. The topological polar surface area (TPSA) is 74.8 Å². The summed E-state index contributed by atoms with van der Waals surface area (Å²) in [7, 11) is 10.1. The van der Waals surface area contributed by atoms with Gasteiger partial charge in [-0.2, -0.15) is 0 Å². The molecule has 0 spiro atoms. The summed E-state index contributed by atoms with van der Waals surface area (Å²) < 4.78 is 36.5. The molecule has 0 aromatic heterocycles. The van der Waals surface area contributed by atoms with Crippen molar-refractivity contribution in [2.45, 2.75) is 0 Å². The lowest BCUT2D eigenvalue weighted by Crippen LogP contribution is -2.17. The first-order chi connectivity index (χ1) is 48.5. The van der Waals surface area contributed by atoms with Crippen molar-refractivity contribution < 1.29 is 28.4 Å². The van der Waals surface area contributed by atoms with Gasteiger partial charge in [-0.3, -0.25) is 0 Å². The van der Waals surface area contributed by atoms with Gasteiger partial charge in [0.1, 0.15) is 34.5 Å².